The van der Waals surface area contributed by atoms with Crippen LogP contribution in [0, 0.1) is 0 Å². The van der Waals surface area contributed by atoms with Gasteiger partial charge in [-0.1, -0.05) is 18.6 Å². The summed E-state index contributed by atoms with van der Waals surface area (Å²) in [7, 11) is 4.22. The molecule has 0 radical (unpaired) electrons. The Bertz CT molecular complexity index is 446. The molecule has 0 heterocycles. The first kappa shape index (κ1) is 12.2. The van der Waals surface area contributed by atoms with Gasteiger partial charge < -0.3 is 10.0 Å². The van der Waals surface area contributed by atoms with Gasteiger partial charge in [-0.25, -0.2) is 0 Å². The summed E-state index contributed by atoms with van der Waals surface area (Å²) in [4.78, 5) is 2.22. The van der Waals surface area contributed by atoms with Crippen molar-refractivity contribution in [3.63, 3.8) is 0 Å². The second-order valence-electron chi connectivity index (χ2n) is 5.01. The zero-order chi connectivity index (χ0) is 12.4. The highest BCUT2D eigenvalue weighted by atomic mass is 16.3. The first-order valence-electron chi connectivity index (χ1n) is 6.29. The number of hydrogen-bond acceptors (Lipinski definition) is 2. The molecular weight excluding hydrogens is 210 g/mol. The van der Waals surface area contributed by atoms with E-state index in [1.54, 1.807) is 11.6 Å². The molecule has 1 aromatic rings. The van der Waals surface area contributed by atoms with Crippen molar-refractivity contribution in [1.82, 2.24) is 4.90 Å². The van der Waals surface area contributed by atoms with Crippen LogP contribution in [0.4, 0.5) is 0 Å². The van der Waals surface area contributed by atoms with Crippen LogP contribution in [0.1, 0.15) is 30.9 Å². The molecule has 0 spiro atoms. The zero-order valence-corrected chi connectivity index (χ0v) is 11.0. The van der Waals surface area contributed by atoms with Gasteiger partial charge in [-0.15, -0.1) is 0 Å². The third-order valence-electron chi connectivity index (χ3n) is 3.46. The highest BCUT2D eigenvalue weighted by molar-refractivity contribution is 5.76. The summed E-state index contributed by atoms with van der Waals surface area (Å²) in [6, 6.07) is 5.77. The van der Waals surface area contributed by atoms with Crippen LogP contribution in [-0.2, 0) is 6.42 Å². The maximum Gasteiger partial charge on any atom is 0.115 e. The number of nitrogens with zero attached hydrogens (tertiary/aromatic N) is 1. The minimum atomic E-state index is 0.382. The van der Waals surface area contributed by atoms with Gasteiger partial charge in [0.1, 0.15) is 5.75 Å². The van der Waals surface area contributed by atoms with E-state index < -0.39 is 0 Å². The Hall–Kier alpha value is -1.28. The minimum absolute atomic E-state index is 0.382. The molecule has 0 unspecified atom stereocenters. The van der Waals surface area contributed by atoms with Gasteiger partial charge in [0.05, 0.1) is 0 Å². The fraction of sp³-hybridized carbons (Fsp3) is 0.467. The Morgan fingerprint density at radius 2 is 2.06 bits per heavy atom. The predicted molar refractivity (Wildman–Crippen MR) is 72.2 cm³/mol. The molecule has 2 nitrogen and oxygen atoms in total. The molecule has 2 heteroatoms. The molecule has 1 N–H and O–H groups in total. The lowest BCUT2D eigenvalue weighted by Gasteiger charge is -2.11. The van der Waals surface area contributed by atoms with E-state index in [0.717, 1.165) is 25.8 Å². The molecule has 0 saturated heterocycles. The van der Waals surface area contributed by atoms with Crippen molar-refractivity contribution in [3.05, 3.63) is 34.9 Å². The van der Waals surface area contributed by atoms with E-state index in [1.165, 1.54) is 16.7 Å². The number of allylic oxidation sites excluding steroid dienone is 1. The fourth-order valence-corrected chi connectivity index (χ4v) is 2.59. The minimum Gasteiger partial charge on any atom is -0.508 e. The Morgan fingerprint density at radius 3 is 2.71 bits per heavy atom. The Kier molecular flexibility index (Phi) is 3.53. The Morgan fingerprint density at radius 1 is 1.29 bits per heavy atom. The van der Waals surface area contributed by atoms with Crippen molar-refractivity contribution < 1.29 is 5.11 Å². The van der Waals surface area contributed by atoms with E-state index in [-0.39, 0.29) is 0 Å². The lowest BCUT2D eigenvalue weighted by Crippen LogP contribution is -2.13. The number of phenols is 1. The van der Waals surface area contributed by atoms with Crippen LogP contribution in [-0.4, -0.2) is 30.6 Å². The third-order valence-corrected chi connectivity index (χ3v) is 3.46. The maximum atomic E-state index is 9.53. The predicted octanol–water partition coefficient (Wildman–Crippen LogP) is 3.06. The number of rotatable bonds is 4. The quantitative estimate of drug-likeness (QED) is 0.861. The Balaban J connectivity index is 2.24. The molecule has 92 valence electrons. The first-order valence-corrected chi connectivity index (χ1v) is 6.29. The molecule has 17 heavy (non-hydrogen) atoms. The van der Waals surface area contributed by atoms with Crippen molar-refractivity contribution in [1.29, 1.82) is 0 Å². The number of hydrogen-bond donors (Lipinski definition) is 1. The summed E-state index contributed by atoms with van der Waals surface area (Å²) in [5.74, 6) is 0.382. The summed E-state index contributed by atoms with van der Waals surface area (Å²) in [6.07, 6.45) is 3.23. The number of aromatic hydroxyl groups is 1. The standard InChI is InChI=1S/C15H21NO/c1-4-14-11(7-8-16(2)3)9-12-10-13(17)5-6-15(12)14/h5-6,10,17H,4,7-9H2,1-3H3. The zero-order valence-electron chi connectivity index (χ0n) is 11.0. The van der Waals surface area contributed by atoms with Crippen molar-refractivity contribution in [2.45, 2.75) is 26.2 Å². The van der Waals surface area contributed by atoms with Crippen LogP contribution in [0.25, 0.3) is 5.57 Å². The van der Waals surface area contributed by atoms with Gasteiger partial charge in [0.2, 0.25) is 0 Å². The first-order chi connectivity index (χ1) is 8.11. The summed E-state index contributed by atoms with van der Waals surface area (Å²) in [6.45, 7) is 3.31. The summed E-state index contributed by atoms with van der Waals surface area (Å²) in [5, 5.41) is 9.53. The van der Waals surface area contributed by atoms with Gasteiger partial charge in [0, 0.05) is 6.54 Å². The smallest absolute Gasteiger partial charge is 0.115 e. The molecule has 0 amide bonds. The lowest BCUT2D eigenvalue weighted by atomic mass is 10.0. The van der Waals surface area contributed by atoms with Crippen molar-refractivity contribution in [3.8, 4) is 5.75 Å². The second kappa shape index (κ2) is 4.92. The largest absolute Gasteiger partial charge is 0.508 e. The van der Waals surface area contributed by atoms with Crippen molar-refractivity contribution >= 4 is 5.57 Å². The molecule has 1 aromatic carbocycles. The Labute approximate surface area is 104 Å². The van der Waals surface area contributed by atoms with Gasteiger partial charge in [0.25, 0.3) is 0 Å². The van der Waals surface area contributed by atoms with Crippen LogP contribution in [0.5, 0.6) is 5.75 Å². The van der Waals surface area contributed by atoms with E-state index in [9.17, 15) is 5.11 Å². The molecule has 0 bridgehead atoms. The molecule has 0 atom stereocenters. The van der Waals surface area contributed by atoms with Crippen LogP contribution in [0.15, 0.2) is 23.8 Å². The normalized spacial score (nSPS) is 14.6. The van der Waals surface area contributed by atoms with Gasteiger partial charge in [0.15, 0.2) is 0 Å². The topological polar surface area (TPSA) is 23.5 Å². The van der Waals surface area contributed by atoms with E-state index in [1.807, 2.05) is 6.07 Å². The molecule has 0 aromatic heterocycles. The van der Waals surface area contributed by atoms with E-state index >= 15 is 0 Å². The monoisotopic (exact) mass is 231 g/mol. The fourth-order valence-electron chi connectivity index (χ4n) is 2.59. The molecule has 1 aliphatic carbocycles. The van der Waals surface area contributed by atoms with Crippen LogP contribution in [0.3, 0.4) is 0 Å². The molecular formula is C15H21NO. The number of phenolic OH excluding ortho intramolecular Hbond substituents is 1. The lowest BCUT2D eigenvalue weighted by molar-refractivity contribution is 0.412. The SMILES string of the molecule is CCC1=C(CCN(C)C)Cc2cc(O)ccc21. The number of fused-ring (bicyclic) bond motifs is 1. The van der Waals surface area contributed by atoms with Crippen LogP contribution < -0.4 is 0 Å². The van der Waals surface area contributed by atoms with E-state index in [4.69, 9.17) is 0 Å². The summed E-state index contributed by atoms with van der Waals surface area (Å²) in [5.41, 5.74) is 5.67. The molecule has 0 fully saturated rings. The summed E-state index contributed by atoms with van der Waals surface area (Å²) < 4.78 is 0. The van der Waals surface area contributed by atoms with Crippen LogP contribution >= 0.6 is 0 Å². The molecule has 2 rings (SSSR count). The average molecular weight is 231 g/mol. The van der Waals surface area contributed by atoms with Crippen LogP contribution in [0.2, 0.25) is 0 Å². The van der Waals surface area contributed by atoms with Gasteiger partial charge in [-0.05, 0) is 62.2 Å². The molecule has 0 aliphatic heterocycles. The highest BCUT2D eigenvalue weighted by Gasteiger charge is 2.20. The van der Waals surface area contributed by atoms with Gasteiger partial charge in [-0.3, -0.25) is 0 Å². The molecule has 1 aliphatic rings. The van der Waals surface area contributed by atoms with Crippen molar-refractivity contribution in [2.75, 3.05) is 20.6 Å². The van der Waals surface area contributed by atoms with Gasteiger partial charge in [-0.2, -0.15) is 0 Å². The van der Waals surface area contributed by atoms with E-state index in [2.05, 4.69) is 32.0 Å². The van der Waals surface area contributed by atoms with E-state index in [0.29, 0.717) is 5.75 Å². The average Bonchev–Trinajstić information content (AvgIpc) is 2.62. The third kappa shape index (κ3) is 2.52. The van der Waals surface area contributed by atoms with Gasteiger partial charge >= 0.3 is 0 Å². The maximum absolute atomic E-state index is 9.53. The van der Waals surface area contributed by atoms with Crippen molar-refractivity contribution in [2.24, 2.45) is 0 Å². The molecule has 0 saturated carbocycles. The summed E-state index contributed by atoms with van der Waals surface area (Å²) >= 11 is 0. The number of benzene rings is 1. The highest BCUT2D eigenvalue weighted by Crippen LogP contribution is 2.37. The second-order valence-corrected chi connectivity index (χ2v) is 5.01.